The SMILES string of the molecule is NCC(O)CCC(N)C(=O)O.O=[N+]([O-])O. The lowest BCUT2D eigenvalue weighted by atomic mass is 10.1. The summed E-state index contributed by atoms with van der Waals surface area (Å²) in [5.41, 5.74) is 10.3. The highest BCUT2D eigenvalue weighted by Gasteiger charge is 2.12. The van der Waals surface area contributed by atoms with Crippen LogP contribution in [0, 0.1) is 10.1 Å². The molecule has 0 aliphatic carbocycles. The third kappa shape index (κ3) is 15.3. The standard InChI is InChI=1S/C6H14N2O3.HNO3/c7-3-4(9)1-2-5(8)6(10)11;2-1(3)4/h4-5,9H,1-3,7-8H2,(H,10,11);(H,2,3,4). The van der Waals surface area contributed by atoms with Crippen molar-refractivity contribution in [2.75, 3.05) is 6.54 Å². The van der Waals surface area contributed by atoms with Gasteiger partial charge in [0.05, 0.1) is 6.10 Å². The van der Waals surface area contributed by atoms with Crippen molar-refractivity contribution in [3.8, 4) is 0 Å². The number of hydrogen-bond acceptors (Lipinski definition) is 6. The van der Waals surface area contributed by atoms with E-state index >= 15 is 0 Å². The molecule has 0 fully saturated rings. The predicted molar refractivity (Wildman–Crippen MR) is 48.7 cm³/mol. The van der Waals surface area contributed by atoms with Gasteiger partial charge < -0.3 is 26.9 Å². The van der Waals surface area contributed by atoms with Crippen LogP contribution >= 0.6 is 0 Å². The van der Waals surface area contributed by atoms with E-state index in [0.717, 1.165) is 0 Å². The van der Waals surface area contributed by atoms with Gasteiger partial charge in [-0.3, -0.25) is 4.79 Å². The molecule has 0 aromatic carbocycles. The fourth-order valence-electron chi connectivity index (χ4n) is 0.613. The average Bonchev–Trinajstić information content (AvgIpc) is 2.12. The molecule has 0 radical (unpaired) electrons. The van der Waals surface area contributed by atoms with Gasteiger partial charge in [0, 0.05) is 6.54 Å². The van der Waals surface area contributed by atoms with Crippen molar-refractivity contribution in [3.05, 3.63) is 10.1 Å². The predicted octanol–water partition coefficient (Wildman–Crippen LogP) is -1.85. The monoisotopic (exact) mass is 225 g/mol. The number of aliphatic carboxylic acids is 1. The molecule has 7 N–H and O–H groups in total. The van der Waals surface area contributed by atoms with Crippen molar-refractivity contribution in [2.45, 2.75) is 25.0 Å². The zero-order valence-corrected chi connectivity index (χ0v) is 7.94. The van der Waals surface area contributed by atoms with Crippen LogP contribution in [0.25, 0.3) is 0 Å². The number of carboxylic acids is 1. The van der Waals surface area contributed by atoms with Crippen LogP contribution in [0.2, 0.25) is 0 Å². The van der Waals surface area contributed by atoms with Crippen LogP contribution in [-0.4, -0.2) is 45.2 Å². The van der Waals surface area contributed by atoms with Gasteiger partial charge in [0.25, 0.3) is 5.09 Å². The van der Waals surface area contributed by atoms with Crippen molar-refractivity contribution in [3.63, 3.8) is 0 Å². The lowest BCUT2D eigenvalue weighted by Crippen LogP contribution is -2.32. The maximum absolute atomic E-state index is 10.2. The number of nitrogens with zero attached hydrogens (tertiary/aromatic N) is 1. The van der Waals surface area contributed by atoms with E-state index in [9.17, 15) is 4.79 Å². The quantitative estimate of drug-likeness (QED) is 0.267. The molecule has 0 aromatic rings. The van der Waals surface area contributed by atoms with Gasteiger partial charge in [-0.15, -0.1) is 10.1 Å². The Kier molecular flexibility index (Phi) is 9.73. The highest BCUT2D eigenvalue weighted by molar-refractivity contribution is 5.72. The normalized spacial score (nSPS) is 13.3. The minimum Gasteiger partial charge on any atom is -0.480 e. The summed E-state index contributed by atoms with van der Waals surface area (Å²) in [7, 11) is 0. The molecule has 2 atom stereocenters. The highest BCUT2D eigenvalue weighted by atomic mass is 16.9. The van der Waals surface area contributed by atoms with E-state index in [0.29, 0.717) is 6.42 Å². The average molecular weight is 225 g/mol. The summed E-state index contributed by atoms with van der Waals surface area (Å²) >= 11 is 0. The topological polar surface area (TPSA) is 173 Å². The third-order valence-electron chi connectivity index (χ3n) is 1.40. The third-order valence-corrected chi connectivity index (χ3v) is 1.40. The summed E-state index contributed by atoms with van der Waals surface area (Å²) in [4.78, 5) is 18.5. The van der Waals surface area contributed by atoms with Crippen LogP contribution < -0.4 is 11.5 Å². The second-order valence-corrected chi connectivity index (χ2v) is 2.65. The zero-order valence-electron chi connectivity index (χ0n) is 7.94. The first-order valence-corrected chi connectivity index (χ1v) is 4.01. The largest absolute Gasteiger partial charge is 0.480 e. The first-order chi connectivity index (χ1) is 6.81. The van der Waals surface area contributed by atoms with Crippen LogP contribution in [0.15, 0.2) is 0 Å². The fourth-order valence-corrected chi connectivity index (χ4v) is 0.613. The van der Waals surface area contributed by atoms with Crippen molar-refractivity contribution < 1.29 is 25.3 Å². The van der Waals surface area contributed by atoms with E-state index in [-0.39, 0.29) is 13.0 Å². The van der Waals surface area contributed by atoms with Crippen molar-refractivity contribution in [1.29, 1.82) is 0 Å². The Balaban J connectivity index is 0. The Hall–Kier alpha value is -1.45. The van der Waals surface area contributed by atoms with Crippen LogP contribution in [0.5, 0.6) is 0 Å². The summed E-state index contributed by atoms with van der Waals surface area (Å²) in [5.74, 6) is -1.05. The van der Waals surface area contributed by atoms with E-state index in [4.69, 9.17) is 37.0 Å². The number of carbonyl (C=O) groups is 1. The van der Waals surface area contributed by atoms with Gasteiger partial charge in [0.2, 0.25) is 0 Å². The van der Waals surface area contributed by atoms with E-state index in [1.807, 2.05) is 0 Å². The van der Waals surface area contributed by atoms with E-state index in [1.165, 1.54) is 0 Å². The summed E-state index contributed by atoms with van der Waals surface area (Å²) in [6.07, 6.45) is -0.0436. The molecule has 0 saturated carbocycles. The Bertz CT molecular complexity index is 195. The van der Waals surface area contributed by atoms with Crippen LogP contribution in [0.3, 0.4) is 0 Å². The molecule has 0 aliphatic rings. The Morgan fingerprint density at radius 1 is 1.47 bits per heavy atom. The van der Waals surface area contributed by atoms with Crippen molar-refractivity contribution in [1.82, 2.24) is 0 Å². The molecule has 0 amide bonds. The van der Waals surface area contributed by atoms with Gasteiger partial charge in [-0.25, -0.2) is 0 Å². The van der Waals surface area contributed by atoms with Gasteiger partial charge >= 0.3 is 5.97 Å². The minimum atomic E-state index is -1.50. The summed E-state index contributed by atoms with van der Waals surface area (Å²) < 4.78 is 0. The zero-order chi connectivity index (χ0) is 12.4. The Morgan fingerprint density at radius 2 is 1.87 bits per heavy atom. The van der Waals surface area contributed by atoms with E-state index in [2.05, 4.69) is 0 Å². The van der Waals surface area contributed by atoms with Crippen molar-refractivity contribution >= 4 is 5.97 Å². The van der Waals surface area contributed by atoms with E-state index in [1.54, 1.807) is 0 Å². The number of carboxylic acid groups (broad SMARTS) is 1. The number of aliphatic hydroxyl groups is 1. The fraction of sp³-hybridized carbons (Fsp3) is 0.833. The number of hydrogen-bond donors (Lipinski definition) is 5. The number of rotatable bonds is 5. The number of nitrogens with two attached hydrogens (primary N) is 2. The molecule has 2 unspecified atom stereocenters. The summed E-state index contributed by atoms with van der Waals surface area (Å²) in [6, 6.07) is -0.892. The molecule has 90 valence electrons. The molecule has 9 heteroatoms. The molecule has 0 heterocycles. The molecule has 0 saturated heterocycles. The molecule has 0 aliphatic heterocycles. The van der Waals surface area contributed by atoms with Gasteiger partial charge in [0.15, 0.2) is 0 Å². The Morgan fingerprint density at radius 3 is 2.13 bits per heavy atom. The molecule has 0 aromatic heterocycles. The smallest absolute Gasteiger partial charge is 0.320 e. The molecular weight excluding hydrogens is 210 g/mol. The molecule has 15 heavy (non-hydrogen) atoms. The first-order valence-electron chi connectivity index (χ1n) is 4.01. The van der Waals surface area contributed by atoms with Gasteiger partial charge in [0.1, 0.15) is 6.04 Å². The maximum Gasteiger partial charge on any atom is 0.320 e. The Labute approximate surface area is 85.4 Å². The number of aliphatic hydroxyl groups excluding tert-OH is 1. The van der Waals surface area contributed by atoms with E-state index < -0.39 is 23.2 Å². The van der Waals surface area contributed by atoms with Crippen molar-refractivity contribution in [2.24, 2.45) is 11.5 Å². The molecule has 0 bridgehead atoms. The van der Waals surface area contributed by atoms with Gasteiger partial charge in [-0.1, -0.05) is 0 Å². The summed E-state index contributed by atoms with van der Waals surface area (Å²) in [6.45, 7) is 0.145. The second kappa shape index (κ2) is 9.12. The molecule has 0 spiro atoms. The highest BCUT2D eigenvalue weighted by Crippen LogP contribution is 1.98. The lowest BCUT2D eigenvalue weighted by molar-refractivity contribution is -0.742. The maximum atomic E-state index is 10.2. The first kappa shape index (κ1) is 16.0. The minimum absolute atomic E-state index is 0.145. The van der Waals surface area contributed by atoms with Gasteiger partial charge in [-0.05, 0) is 12.8 Å². The van der Waals surface area contributed by atoms with Crippen LogP contribution in [0.1, 0.15) is 12.8 Å². The van der Waals surface area contributed by atoms with Crippen LogP contribution in [-0.2, 0) is 4.79 Å². The van der Waals surface area contributed by atoms with Crippen LogP contribution in [0.4, 0.5) is 0 Å². The second-order valence-electron chi connectivity index (χ2n) is 2.65. The van der Waals surface area contributed by atoms with Gasteiger partial charge in [-0.2, -0.15) is 0 Å². The summed E-state index contributed by atoms with van der Waals surface area (Å²) in [5, 5.41) is 30.9. The lowest BCUT2D eigenvalue weighted by Gasteiger charge is -2.09. The molecule has 9 nitrogen and oxygen atoms in total. The molecular formula is C6H15N3O6. The molecule has 0 rings (SSSR count).